The third-order valence-electron chi connectivity index (χ3n) is 2.36. The Morgan fingerprint density at radius 3 is 2.63 bits per heavy atom. The number of aromatic nitrogens is 3. The molecule has 98 valence electrons. The summed E-state index contributed by atoms with van der Waals surface area (Å²) in [6.07, 6.45) is 0. The van der Waals surface area contributed by atoms with Crippen molar-refractivity contribution in [3.8, 4) is 0 Å². The number of aryl methyl sites for hydroxylation is 2. The lowest BCUT2D eigenvalue weighted by Gasteiger charge is -2.09. The molecule has 2 heterocycles. The van der Waals surface area contributed by atoms with Crippen molar-refractivity contribution in [3.05, 3.63) is 40.3 Å². The van der Waals surface area contributed by atoms with Gasteiger partial charge in [-0.3, -0.25) is 4.79 Å². The maximum Gasteiger partial charge on any atom is 0.271 e. The van der Waals surface area contributed by atoms with Crippen LogP contribution in [0.3, 0.4) is 0 Å². The van der Waals surface area contributed by atoms with Crippen molar-refractivity contribution in [3.63, 3.8) is 0 Å². The Labute approximate surface area is 115 Å². The molecule has 0 radical (unpaired) electrons. The number of nitrogens with one attached hydrogen (secondary N) is 1. The summed E-state index contributed by atoms with van der Waals surface area (Å²) >= 11 is 5.76. The van der Waals surface area contributed by atoms with E-state index in [0.29, 0.717) is 11.5 Å². The molecule has 0 fully saturated rings. The van der Waals surface area contributed by atoms with E-state index in [9.17, 15) is 4.79 Å². The quantitative estimate of drug-likeness (QED) is 0.895. The first-order chi connectivity index (χ1) is 8.95. The van der Waals surface area contributed by atoms with Crippen LogP contribution >= 0.6 is 11.6 Å². The minimum atomic E-state index is -0.684. The van der Waals surface area contributed by atoms with Gasteiger partial charge in [0.15, 0.2) is 10.8 Å². The highest BCUT2D eigenvalue weighted by Crippen LogP contribution is 2.21. The van der Waals surface area contributed by atoms with Gasteiger partial charge in [0, 0.05) is 11.8 Å². The van der Waals surface area contributed by atoms with Crippen molar-refractivity contribution in [2.45, 2.75) is 13.8 Å². The van der Waals surface area contributed by atoms with E-state index in [1.165, 1.54) is 6.07 Å². The summed E-state index contributed by atoms with van der Waals surface area (Å²) in [5.74, 6) is -0.0971. The highest BCUT2D eigenvalue weighted by Gasteiger charge is 2.12. The molecular formula is C12H12ClN5O. The highest BCUT2D eigenvalue weighted by molar-refractivity contribution is 6.29. The molecule has 1 amide bonds. The summed E-state index contributed by atoms with van der Waals surface area (Å²) in [5.41, 5.74) is 7.53. The summed E-state index contributed by atoms with van der Waals surface area (Å²) in [5, 5.41) is 10.4. The maximum atomic E-state index is 11.3. The van der Waals surface area contributed by atoms with E-state index in [1.54, 1.807) is 0 Å². The second-order valence-electron chi connectivity index (χ2n) is 4.09. The summed E-state index contributed by atoms with van der Waals surface area (Å²) in [6.45, 7) is 3.83. The Hall–Kier alpha value is -2.21. The number of pyridine rings is 1. The molecule has 2 aromatic heterocycles. The number of carbonyl (C=O) groups excluding carboxylic acids is 1. The monoisotopic (exact) mass is 277 g/mol. The zero-order chi connectivity index (χ0) is 14.0. The molecule has 0 saturated heterocycles. The molecule has 3 N–H and O–H groups in total. The van der Waals surface area contributed by atoms with E-state index in [4.69, 9.17) is 17.3 Å². The number of nitrogens with two attached hydrogens (primary N) is 1. The Morgan fingerprint density at radius 1 is 1.26 bits per heavy atom. The molecule has 0 saturated carbocycles. The highest BCUT2D eigenvalue weighted by atomic mass is 35.5. The predicted molar refractivity (Wildman–Crippen MR) is 72.6 cm³/mol. The number of anilines is 2. The molecule has 6 nitrogen and oxygen atoms in total. The van der Waals surface area contributed by atoms with Gasteiger partial charge in [0.05, 0.1) is 5.69 Å². The lowest BCUT2D eigenvalue weighted by atomic mass is 10.2. The van der Waals surface area contributed by atoms with Gasteiger partial charge in [0.2, 0.25) is 0 Å². The smallest absolute Gasteiger partial charge is 0.271 e. The van der Waals surface area contributed by atoms with Crippen molar-refractivity contribution in [2.75, 3.05) is 5.32 Å². The Bertz CT molecular complexity index is 624. The summed E-state index contributed by atoms with van der Waals surface area (Å²) < 4.78 is 0. The molecule has 0 aliphatic carbocycles. The van der Waals surface area contributed by atoms with Crippen LogP contribution in [-0.4, -0.2) is 21.1 Å². The Balaban J connectivity index is 2.42. The standard InChI is InChI=1S/C12H12ClN5O/c1-6-3-7(2)15-10(4-6)16-8-5-9(13)17-18-11(8)12(14)19/h3-5H,1-2H3,(H2,14,19)(H,15,16,17). The Kier molecular flexibility index (Phi) is 3.62. The van der Waals surface area contributed by atoms with Gasteiger partial charge in [0.1, 0.15) is 5.82 Å². The van der Waals surface area contributed by atoms with Crippen molar-refractivity contribution in [1.82, 2.24) is 15.2 Å². The first-order valence-corrected chi connectivity index (χ1v) is 5.89. The van der Waals surface area contributed by atoms with Crippen molar-refractivity contribution in [2.24, 2.45) is 5.73 Å². The van der Waals surface area contributed by atoms with Crippen LogP contribution in [0.15, 0.2) is 18.2 Å². The molecule has 0 bridgehead atoms. The lowest BCUT2D eigenvalue weighted by molar-refractivity contribution is 0.0995. The lowest BCUT2D eigenvalue weighted by Crippen LogP contribution is -2.16. The topological polar surface area (TPSA) is 93.8 Å². The first-order valence-electron chi connectivity index (χ1n) is 5.51. The van der Waals surface area contributed by atoms with Gasteiger partial charge in [0.25, 0.3) is 5.91 Å². The van der Waals surface area contributed by atoms with E-state index in [2.05, 4.69) is 20.5 Å². The van der Waals surface area contributed by atoms with Gasteiger partial charge in [-0.2, -0.15) is 0 Å². The fourth-order valence-corrected chi connectivity index (χ4v) is 1.84. The van der Waals surface area contributed by atoms with Crippen LogP contribution in [0.2, 0.25) is 5.15 Å². The van der Waals surface area contributed by atoms with Gasteiger partial charge >= 0.3 is 0 Å². The van der Waals surface area contributed by atoms with Crippen molar-refractivity contribution >= 4 is 29.0 Å². The van der Waals surface area contributed by atoms with Gasteiger partial charge in [-0.1, -0.05) is 11.6 Å². The number of nitrogens with zero attached hydrogens (tertiary/aromatic N) is 3. The number of amides is 1. The first kappa shape index (κ1) is 13.2. The van der Waals surface area contributed by atoms with Crippen LogP contribution in [0.5, 0.6) is 0 Å². The van der Waals surface area contributed by atoms with E-state index < -0.39 is 5.91 Å². The molecule has 0 spiro atoms. The number of primary amides is 1. The van der Waals surface area contributed by atoms with Crippen LogP contribution in [0.1, 0.15) is 21.7 Å². The van der Waals surface area contributed by atoms with E-state index in [-0.39, 0.29) is 10.8 Å². The van der Waals surface area contributed by atoms with Gasteiger partial charge in [-0.05, 0) is 31.5 Å². The molecule has 19 heavy (non-hydrogen) atoms. The number of rotatable bonds is 3. The fourth-order valence-electron chi connectivity index (χ4n) is 1.69. The van der Waals surface area contributed by atoms with Gasteiger partial charge in [-0.15, -0.1) is 10.2 Å². The number of hydrogen-bond donors (Lipinski definition) is 2. The van der Waals surface area contributed by atoms with Crippen molar-refractivity contribution in [1.29, 1.82) is 0 Å². The molecule has 0 atom stereocenters. The van der Waals surface area contributed by atoms with E-state index >= 15 is 0 Å². The number of hydrogen-bond acceptors (Lipinski definition) is 5. The van der Waals surface area contributed by atoms with Gasteiger partial charge in [-0.25, -0.2) is 4.98 Å². The zero-order valence-electron chi connectivity index (χ0n) is 10.4. The molecule has 2 rings (SSSR count). The minimum Gasteiger partial charge on any atom is -0.364 e. The molecule has 0 aromatic carbocycles. The zero-order valence-corrected chi connectivity index (χ0v) is 11.2. The fraction of sp³-hybridized carbons (Fsp3) is 0.167. The third kappa shape index (κ3) is 3.17. The maximum absolute atomic E-state index is 11.3. The van der Waals surface area contributed by atoms with Crippen LogP contribution in [0, 0.1) is 13.8 Å². The summed E-state index contributed by atoms with van der Waals surface area (Å²) in [6, 6.07) is 5.26. The van der Waals surface area contributed by atoms with Crippen molar-refractivity contribution < 1.29 is 4.79 Å². The minimum absolute atomic E-state index is 0.0189. The van der Waals surface area contributed by atoms with Crippen LogP contribution in [-0.2, 0) is 0 Å². The molecule has 7 heteroatoms. The number of halogens is 1. The molecular weight excluding hydrogens is 266 g/mol. The third-order valence-corrected chi connectivity index (χ3v) is 2.54. The molecule has 0 aliphatic heterocycles. The second kappa shape index (κ2) is 5.19. The van der Waals surface area contributed by atoms with Crippen LogP contribution < -0.4 is 11.1 Å². The second-order valence-corrected chi connectivity index (χ2v) is 4.48. The predicted octanol–water partition coefficient (Wildman–Crippen LogP) is 1.98. The molecule has 0 unspecified atom stereocenters. The van der Waals surface area contributed by atoms with Gasteiger partial charge < -0.3 is 11.1 Å². The summed E-state index contributed by atoms with van der Waals surface area (Å²) in [7, 11) is 0. The molecule has 2 aromatic rings. The summed E-state index contributed by atoms with van der Waals surface area (Å²) in [4.78, 5) is 15.6. The normalized spacial score (nSPS) is 10.3. The average Bonchev–Trinajstić information content (AvgIpc) is 2.26. The largest absolute Gasteiger partial charge is 0.364 e. The SMILES string of the molecule is Cc1cc(C)nc(Nc2cc(Cl)nnc2C(N)=O)c1. The number of carbonyl (C=O) groups is 1. The Morgan fingerprint density at radius 2 is 2.00 bits per heavy atom. The van der Waals surface area contributed by atoms with Crippen LogP contribution in [0.4, 0.5) is 11.5 Å². The van der Waals surface area contributed by atoms with Crippen LogP contribution in [0.25, 0.3) is 0 Å². The molecule has 0 aliphatic rings. The average molecular weight is 278 g/mol. The van der Waals surface area contributed by atoms with E-state index in [0.717, 1.165) is 11.3 Å². The van der Waals surface area contributed by atoms with E-state index in [1.807, 2.05) is 26.0 Å².